The Hall–Kier alpha value is -2.92. The molecule has 0 saturated carbocycles. The molecule has 11 heteroatoms. The van der Waals surface area contributed by atoms with E-state index in [1.807, 2.05) is 13.2 Å². The van der Waals surface area contributed by atoms with Crippen molar-refractivity contribution < 1.29 is 8.42 Å². The number of pyridine rings is 1. The Bertz CT molecular complexity index is 1270. The molecule has 4 rings (SSSR count). The molecule has 0 aliphatic carbocycles. The normalized spacial score (nSPS) is 15.6. The van der Waals surface area contributed by atoms with E-state index in [4.69, 9.17) is 0 Å². The van der Waals surface area contributed by atoms with Crippen LogP contribution in [0.1, 0.15) is 13.3 Å². The molecule has 0 saturated heterocycles. The highest BCUT2D eigenvalue weighted by atomic mass is 32.2. The molecule has 0 atom stereocenters. The molecule has 0 bridgehead atoms. The molecule has 1 aliphatic heterocycles. The summed E-state index contributed by atoms with van der Waals surface area (Å²) in [5, 5.41) is 9.85. The van der Waals surface area contributed by atoms with Crippen LogP contribution in [0.25, 0.3) is 22.2 Å². The lowest BCUT2D eigenvalue weighted by Crippen LogP contribution is -2.29. The van der Waals surface area contributed by atoms with Crippen LogP contribution in [0.2, 0.25) is 0 Å². The number of hydrogen-bond acceptors (Lipinski definition) is 8. The molecule has 150 valence electrons. The maximum Gasteiger partial charge on any atom is 0.301 e. The van der Waals surface area contributed by atoms with E-state index < -0.39 is 10.0 Å². The van der Waals surface area contributed by atoms with E-state index in [9.17, 15) is 8.42 Å². The van der Waals surface area contributed by atoms with Gasteiger partial charge in [-0.2, -0.15) is 22.7 Å². The average Bonchev–Trinajstić information content (AvgIpc) is 3.26. The molecule has 0 fully saturated rings. The second kappa shape index (κ2) is 7.48. The molecule has 29 heavy (non-hydrogen) atoms. The number of fused-ring (bicyclic) bond motifs is 1. The van der Waals surface area contributed by atoms with Crippen molar-refractivity contribution >= 4 is 39.9 Å². The Morgan fingerprint density at radius 2 is 2.00 bits per heavy atom. The maximum absolute atomic E-state index is 13.6. The van der Waals surface area contributed by atoms with E-state index in [1.165, 1.54) is 11.6 Å². The van der Waals surface area contributed by atoms with Crippen molar-refractivity contribution in [3.63, 3.8) is 0 Å². The first kappa shape index (κ1) is 19.4. The molecular formula is C18H19N7O2S2. The van der Waals surface area contributed by atoms with Gasteiger partial charge in [-0.05, 0) is 18.4 Å². The van der Waals surface area contributed by atoms with Gasteiger partial charge in [0.2, 0.25) is 0 Å². The number of rotatable bonds is 4. The van der Waals surface area contributed by atoms with Gasteiger partial charge in [-0.3, -0.25) is 14.7 Å². The molecular weight excluding hydrogens is 410 g/mol. The van der Waals surface area contributed by atoms with Gasteiger partial charge in [-0.25, -0.2) is 0 Å². The summed E-state index contributed by atoms with van der Waals surface area (Å²) in [6.07, 6.45) is 10.6. The minimum atomic E-state index is -4.03. The number of aryl methyl sites for hydroxylation is 1. The second-order valence-corrected chi connectivity index (χ2v) is 8.49. The number of thiol groups is 1. The first-order valence-electron chi connectivity index (χ1n) is 8.81. The van der Waals surface area contributed by atoms with Crippen LogP contribution in [0.4, 0.5) is 0 Å². The van der Waals surface area contributed by atoms with Crippen LogP contribution < -0.4 is 0 Å². The predicted octanol–water partition coefficient (Wildman–Crippen LogP) is 2.38. The van der Waals surface area contributed by atoms with Gasteiger partial charge < -0.3 is 4.90 Å². The lowest BCUT2D eigenvalue weighted by Gasteiger charge is -2.22. The summed E-state index contributed by atoms with van der Waals surface area (Å²) < 4.78 is 29.9. The van der Waals surface area contributed by atoms with Crippen LogP contribution in [-0.4, -0.2) is 50.0 Å². The van der Waals surface area contributed by atoms with Crippen molar-refractivity contribution in [2.24, 2.45) is 12.0 Å². The fraction of sp³-hybridized carbons (Fsp3) is 0.222. The summed E-state index contributed by atoms with van der Waals surface area (Å²) in [6.45, 7) is 2.13. The van der Waals surface area contributed by atoms with Crippen molar-refractivity contribution in [2.75, 3.05) is 6.54 Å². The highest BCUT2D eigenvalue weighted by molar-refractivity contribution is 7.93. The first-order valence-corrected chi connectivity index (χ1v) is 10.8. The monoisotopic (exact) mass is 429 g/mol. The van der Waals surface area contributed by atoms with Crippen LogP contribution in [0.15, 0.2) is 58.2 Å². The van der Waals surface area contributed by atoms with Crippen LogP contribution in [-0.2, 0) is 17.1 Å². The van der Waals surface area contributed by atoms with Gasteiger partial charge in [0.1, 0.15) is 11.0 Å². The molecule has 9 nitrogen and oxygen atoms in total. The lowest BCUT2D eigenvalue weighted by atomic mass is 10.1. The number of hydrogen-bond donors (Lipinski definition) is 1. The molecule has 4 heterocycles. The Kier molecular flexibility index (Phi) is 5.01. The van der Waals surface area contributed by atoms with Crippen molar-refractivity contribution in [1.82, 2.24) is 28.9 Å². The fourth-order valence-corrected chi connectivity index (χ4v) is 4.98. The van der Waals surface area contributed by atoms with Crippen molar-refractivity contribution in [1.29, 1.82) is 0 Å². The predicted molar refractivity (Wildman–Crippen MR) is 115 cm³/mol. The van der Waals surface area contributed by atoms with E-state index in [-0.39, 0.29) is 5.03 Å². The molecule has 3 aromatic heterocycles. The van der Waals surface area contributed by atoms with Crippen LogP contribution in [0.5, 0.6) is 0 Å². The van der Waals surface area contributed by atoms with E-state index in [0.29, 0.717) is 29.7 Å². The zero-order valence-electron chi connectivity index (χ0n) is 15.8. The minimum absolute atomic E-state index is 0.0633. The molecule has 0 aromatic carbocycles. The zero-order valence-corrected chi connectivity index (χ0v) is 17.5. The van der Waals surface area contributed by atoms with E-state index >= 15 is 0 Å². The molecule has 3 aromatic rings. The van der Waals surface area contributed by atoms with Gasteiger partial charge in [0.25, 0.3) is 0 Å². The minimum Gasteiger partial charge on any atom is -0.335 e. The van der Waals surface area contributed by atoms with E-state index in [0.717, 1.165) is 15.2 Å². The third-order valence-electron chi connectivity index (χ3n) is 4.50. The van der Waals surface area contributed by atoms with E-state index in [2.05, 4.69) is 32.8 Å². The smallest absolute Gasteiger partial charge is 0.301 e. The number of allylic oxidation sites excluding steroid dienone is 1. The summed E-state index contributed by atoms with van der Waals surface area (Å²) in [4.78, 5) is 10.3. The summed E-state index contributed by atoms with van der Waals surface area (Å²) in [7, 11) is -2.22. The van der Waals surface area contributed by atoms with Gasteiger partial charge in [0, 0.05) is 55.9 Å². The highest BCUT2D eigenvalue weighted by Crippen LogP contribution is 2.28. The van der Waals surface area contributed by atoms with Crippen molar-refractivity contribution in [3.05, 3.63) is 53.2 Å². The van der Waals surface area contributed by atoms with Crippen LogP contribution in [0, 0.1) is 0 Å². The van der Waals surface area contributed by atoms with E-state index in [1.54, 1.807) is 47.4 Å². The number of aromatic nitrogens is 5. The van der Waals surface area contributed by atoms with Gasteiger partial charge in [0.05, 0.1) is 18.1 Å². The maximum atomic E-state index is 13.6. The number of nitrogens with zero attached hydrogens (tertiary/aromatic N) is 7. The average molecular weight is 430 g/mol. The fourth-order valence-electron chi connectivity index (χ4n) is 3.21. The Morgan fingerprint density at radius 1 is 1.17 bits per heavy atom. The Morgan fingerprint density at radius 3 is 2.72 bits per heavy atom. The molecule has 0 amide bonds. The standard InChI is InChI=1S/C18H19N7O2S2/c1-13-18(24(6-7-28)5-3-4-19-13)29(26,27)25-17-8-14(9-20-16(17)11-22-25)15-10-21-23(2)12-15/h4,6-12,28H,3,5H2,1-2H3/b7-6-. The largest absolute Gasteiger partial charge is 0.335 e. The molecule has 0 unspecified atom stereocenters. The number of aliphatic imine (C=N–C) groups is 1. The quantitative estimate of drug-likeness (QED) is 0.640. The van der Waals surface area contributed by atoms with Gasteiger partial charge in [0.15, 0.2) is 5.03 Å². The van der Waals surface area contributed by atoms with Gasteiger partial charge in [-0.15, -0.1) is 12.6 Å². The third-order valence-corrected chi connectivity index (χ3v) is 6.40. The van der Waals surface area contributed by atoms with Crippen molar-refractivity contribution in [2.45, 2.75) is 13.3 Å². The van der Waals surface area contributed by atoms with Crippen LogP contribution in [0.3, 0.4) is 0 Å². The summed E-state index contributed by atoms with van der Waals surface area (Å²) in [6, 6.07) is 1.75. The Balaban J connectivity index is 1.89. The summed E-state index contributed by atoms with van der Waals surface area (Å²) >= 11 is 4.10. The lowest BCUT2D eigenvalue weighted by molar-refractivity contribution is 0.489. The highest BCUT2D eigenvalue weighted by Gasteiger charge is 2.30. The summed E-state index contributed by atoms with van der Waals surface area (Å²) in [5.74, 6) is 0. The molecule has 0 N–H and O–H groups in total. The topological polar surface area (TPSA) is 98.3 Å². The molecule has 0 spiro atoms. The van der Waals surface area contributed by atoms with Crippen molar-refractivity contribution in [3.8, 4) is 11.1 Å². The first-order chi connectivity index (χ1) is 13.9. The molecule has 1 aliphatic rings. The third kappa shape index (κ3) is 3.47. The molecule has 0 radical (unpaired) electrons. The van der Waals surface area contributed by atoms with Gasteiger partial charge >= 0.3 is 10.0 Å². The Labute approximate surface area is 173 Å². The summed E-state index contributed by atoms with van der Waals surface area (Å²) in [5.41, 5.74) is 2.83. The zero-order chi connectivity index (χ0) is 20.6. The van der Waals surface area contributed by atoms with Gasteiger partial charge in [-0.1, -0.05) is 0 Å². The second-order valence-electron chi connectivity index (χ2n) is 6.51. The van der Waals surface area contributed by atoms with Crippen LogP contribution >= 0.6 is 12.6 Å². The SMILES string of the molecule is CC1=C(S(=O)(=O)n2ncc3ncc(-c4cnn(C)c4)cc32)N(/C=C\S)CCC=N1.